The van der Waals surface area contributed by atoms with Crippen molar-refractivity contribution in [2.24, 2.45) is 5.92 Å². The van der Waals surface area contributed by atoms with Crippen LogP contribution in [0.3, 0.4) is 0 Å². The maximum atomic E-state index is 12.7. The summed E-state index contributed by atoms with van der Waals surface area (Å²) in [5, 5.41) is 2.43. The van der Waals surface area contributed by atoms with Crippen LogP contribution in [0.4, 0.5) is 22.4 Å². The van der Waals surface area contributed by atoms with Crippen molar-refractivity contribution in [1.82, 2.24) is 5.32 Å². The third-order valence-electron chi connectivity index (χ3n) is 5.38. The lowest BCUT2D eigenvalue weighted by Crippen LogP contribution is -2.47. The van der Waals surface area contributed by atoms with Gasteiger partial charge in [0.05, 0.1) is 18.3 Å². The van der Waals surface area contributed by atoms with E-state index in [-0.39, 0.29) is 18.3 Å². The van der Waals surface area contributed by atoms with E-state index in [1.165, 1.54) is 31.4 Å². The van der Waals surface area contributed by atoms with Gasteiger partial charge < -0.3 is 19.5 Å². The summed E-state index contributed by atoms with van der Waals surface area (Å²) in [6.07, 6.45) is -3.15. The molecule has 0 spiro atoms. The molecule has 2 rings (SSSR count). The number of benzene rings is 2. The number of hydrogen-bond acceptors (Lipinski definition) is 5. The summed E-state index contributed by atoms with van der Waals surface area (Å²) in [7, 11) is 1.39. The maximum absolute atomic E-state index is 12.7. The molecule has 0 fully saturated rings. The monoisotopic (exact) mass is 569 g/mol. The highest BCUT2D eigenvalue weighted by Gasteiger charge is 2.30. The molecule has 40 heavy (non-hydrogen) atoms. The summed E-state index contributed by atoms with van der Waals surface area (Å²) >= 11 is 0. The van der Waals surface area contributed by atoms with Crippen LogP contribution in [0.2, 0.25) is 0 Å². The van der Waals surface area contributed by atoms with Gasteiger partial charge in [-0.05, 0) is 83.2 Å². The standard InChI is InChI=1S/C23H32F3NO5.C7H7F/c1-7-16(13-17-8-10-18(11-9-17)23(24,25)26)12-15(2)31-20(28)19(14-30-6)27-21(29)32-22(3,4)5;1-6-2-4-7(8)5-3-6/h7-11,15-16,19H,1,12-14H2,2-6H3,(H,27,29);2-5H,1H3/t15-,16-,19-;/m0./s1. The number of hydrogen-bond donors (Lipinski definition) is 1. The number of nitrogens with one attached hydrogen (secondary N) is 1. The Hall–Kier alpha value is -3.40. The van der Waals surface area contributed by atoms with Crippen molar-refractivity contribution in [1.29, 1.82) is 0 Å². The van der Waals surface area contributed by atoms with E-state index in [2.05, 4.69) is 11.9 Å². The molecule has 0 saturated carbocycles. The van der Waals surface area contributed by atoms with Gasteiger partial charge in [-0.2, -0.15) is 13.2 Å². The van der Waals surface area contributed by atoms with E-state index in [4.69, 9.17) is 14.2 Å². The maximum Gasteiger partial charge on any atom is 0.416 e. The highest BCUT2D eigenvalue weighted by atomic mass is 19.4. The molecule has 10 heteroatoms. The molecule has 0 aliphatic carbocycles. The van der Waals surface area contributed by atoms with Crippen LogP contribution in [0.1, 0.15) is 50.8 Å². The van der Waals surface area contributed by atoms with Crippen molar-refractivity contribution in [3.63, 3.8) is 0 Å². The molecule has 0 saturated heterocycles. The smallest absolute Gasteiger partial charge is 0.416 e. The zero-order valence-electron chi connectivity index (χ0n) is 23.8. The van der Waals surface area contributed by atoms with Crippen LogP contribution in [0.25, 0.3) is 0 Å². The molecule has 3 atom stereocenters. The molecule has 0 bridgehead atoms. The number of alkyl carbamates (subject to hydrolysis) is 1. The summed E-state index contributed by atoms with van der Waals surface area (Å²) < 4.78 is 65.8. The van der Waals surface area contributed by atoms with Crippen molar-refractivity contribution in [3.05, 3.63) is 83.7 Å². The summed E-state index contributed by atoms with van der Waals surface area (Å²) in [6, 6.07) is 10.3. The Morgan fingerprint density at radius 3 is 2.05 bits per heavy atom. The quantitative estimate of drug-likeness (QED) is 0.189. The minimum atomic E-state index is -4.38. The van der Waals surface area contributed by atoms with Crippen molar-refractivity contribution < 1.29 is 41.4 Å². The molecule has 0 unspecified atom stereocenters. The lowest BCUT2D eigenvalue weighted by molar-refractivity contribution is -0.152. The number of rotatable bonds is 10. The molecule has 2 aromatic rings. The second-order valence-electron chi connectivity index (χ2n) is 10.3. The van der Waals surface area contributed by atoms with E-state index in [0.717, 1.165) is 17.7 Å². The van der Waals surface area contributed by atoms with Crippen LogP contribution in [-0.4, -0.2) is 43.5 Å². The highest BCUT2D eigenvalue weighted by Crippen LogP contribution is 2.29. The molecule has 0 aliphatic rings. The van der Waals surface area contributed by atoms with Crippen molar-refractivity contribution in [2.45, 2.75) is 71.4 Å². The second kappa shape index (κ2) is 16.0. The summed E-state index contributed by atoms with van der Waals surface area (Å²) in [4.78, 5) is 24.5. The molecule has 222 valence electrons. The van der Waals surface area contributed by atoms with Gasteiger partial charge in [-0.15, -0.1) is 6.58 Å². The number of esters is 1. The van der Waals surface area contributed by atoms with Crippen LogP contribution in [0.5, 0.6) is 0 Å². The first-order chi connectivity index (χ1) is 18.5. The zero-order valence-corrected chi connectivity index (χ0v) is 23.8. The largest absolute Gasteiger partial charge is 0.461 e. The number of halogens is 4. The van der Waals surface area contributed by atoms with Gasteiger partial charge in [-0.1, -0.05) is 35.9 Å². The summed E-state index contributed by atoms with van der Waals surface area (Å²) in [5.74, 6) is -0.979. The van der Waals surface area contributed by atoms with Crippen LogP contribution in [-0.2, 0) is 31.6 Å². The first-order valence-corrected chi connectivity index (χ1v) is 12.7. The normalized spacial score (nSPS) is 13.7. The minimum absolute atomic E-state index is 0.0960. The third kappa shape index (κ3) is 14.1. The molecule has 0 aliphatic heterocycles. The zero-order chi connectivity index (χ0) is 30.5. The van der Waals surface area contributed by atoms with Crippen LogP contribution < -0.4 is 5.32 Å². The highest BCUT2D eigenvalue weighted by molar-refractivity contribution is 5.81. The van der Waals surface area contributed by atoms with Gasteiger partial charge in [0, 0.05) is 7.11 Å². The molecular formula is C30H39F4NO5. The lowest BCUT2D eigenvalue weighted by atomic mass is 9.93. The molecule has 0 heterocycles. The van der Waals surface area contributed by atoms with E-state index in [0.29, 0.717) is 18.4 Å². The third-order valence-corrected chi connectivity index (χ3v) is 5.38. The average Bonchev–Trinajstić information content (AvgIpc) is 2.84. The van der Waals surface area contributed by atoms with E-state index in [9.17, 15) is 27.2 Å². The fourth-order valence-electron chi connectivity index (χ4n) is 3.47. The molecule has 0 aromatic heterocycles. The van der Waals surface area contributed by atoms with Gasteiger partial charge in [0.1, 0.15) is 11.4 Å². The first kappa shape index (κ1) is 34.6. The number of carbonyl (C=O) groups is 2. The molecule has 1 N–H and O–H groups in total. The Labute approximate surface area is 233 Å². The topological polar surface area (TPSA) is 73.9 Å². The SMILES string of the molecule is C=C[C@H](Cc1ccc(C(F)(F)F)cc1)C[C@H](C)OC(=O)[C@H](COC)NC(=O)OC(C)(C)C.Cc1ccc(F)cc1. The lowest BCUT2D eigenvalue weighted by Gasteiger charge is -2.24. The fourth-order valence-corrected chi connectivity index (χ4v) is 3.47. The number of carbonyl (C=O) groups excluding carboxylic acids is 2. The van der Waals surface area contributed by atoms with Gasteiger partial charge in [0.25, 0.3) is 0 Å². The predicted molar refractivity (Wildman–Crippen MR) is 145 cm³/mol. The van der Waals surface area contributed by atoms with Gasteiger partial charge in [-0.3, -0.25) is 0 Å². The Bertz CT molecular complexity index is 1040. The van der Waals surface area contributed by atoms with Crippen molar-refractivity contribution in [3.8, 4) is 0 Å². The number of ether oxygens (including phenoxy) is 3. The number of alkyl halides is 3. The van der Waals surface area contributed by atoms with Crippen LogP contribution >= 0.6 is 0 Å². The molecular weight excluding hydrogens is 530 g/mol. The van der Waals surface area contributed by atoms with Gasteiger partial charge in [0.2, 0.25) is 0 Å². The summed E-state index contributed by atoms with van der Waals surface area (Å²) in [5.41, 5.74) is 0.367. The summed E-state index contributed by atoms with van der Waals surface area (Å²) in [6.45, 7) is 12.4. The van der Waals surface area contributed by atoms with E-state index in [1.54, 1.807) is 45.9 Å². The van der Waals surface area contributed by atoms with E-state index >= 15 is 0 Å². The Kier molecular flexibility index (Phi) is 13.9. The molecule has 2 aromatic carbocycles. The van der Waals surface area contributed by atoms with Crippen molar-refractivity contribution >= 4 is 12.1 Å². The van der Waals surface area contributed by atoms with Gasteiger partial charge in [0.15, 0.2) is 6.04 Å². The van der Waals surface area contributed by atoms with Crippen molar-refractivity contribution in [2.75, 3.05) is 13.7 Å². The number of allylic oxidation sites excluding steroid dienone is 1. The van der Waals surface area contributed by atoms with E-state index < -0.39 is 41.5 Å². The van der Waals surface area contributed by atoms with E-state index in [1.807, 2.05) is 6.92 Å². The fraction of sp³-hybridized carbons (Fsp3) is 0.467. The molecule has 6 nitrogen and oxygen atoms in total. The van der Waals surface area contributed by atoms with Crippen LogP contribution in [0.15, 0.2) is 61.2 Å². The second-order valence-corrected chi connectivity index (χ2v) is 10.3. The number of methoxy groups -OCH3 is 1. The number of amides is 1. The first-order valence-electron chi connectivity index (χ1n) is 12.7. The minimum Gasteiger partial charge on any atom is -0.461 e. The Morgan fingerprint density at radius 2 is 1.60 bits per heavy atom. The Balaban J connectivity index is 0.000000850. The Morgan fingerprint density at radius 1 is 1.02 bits per heavy atom. The average molecular weight is 570 g/mol. The predicted octanol–water partition coefficient (Wildman–Crippen LogP) is 7.05. The molecule has 0 radical (unpaired) electrons. The number of aryl methyl sites for hydroxylation is 1. The van der Waals surface area contributed by atoms with Crippen LogP contribution in [0, 0.1) is 18.7 Å². The van der Waals surface area contributed by atoms with Gasteiger partial charge >= 0.3 is 18.2 Å². The van der Waals surface area contributed by atoms with Gasteiger partial charge in [-0.25, -0.2) is 14.0 Å². The molecule has 1 amide bonds.